The maximum atomic E-state index is 6.64. The standard InChI is InChI=1S/C23H21ClN6S2/c1-12-5-6-13(15(24)9-12)14-10-16(31-19(14)20-25-7-8-26-20)17-18-21(28-11-27-17)32-22(29-18)30-23(2,3)4/h5-11H,1-4H3,(H,25,26)(H,29,30). The quantitative estimate of drug-likeness (QED) is 0.288. The van der Waals surface area contributed by atoms with Gasteiger partial charge < -0.3 is 10.3 Å². The van der Waals surface area contributed by atoms with Gasteiger partial charge in [-0.3, -0.25) is 0 Å². The van der Waals surface area contributed by atoms with Crippen LogP contribution >= 0.6 is 34.3 Å². The summed E-state index contributed by atoms with van der Waals surface area (Å²) in [5.74, 6) is 0.798. The second-order valence-corrected chi connectivity index (χ2v) is 11.0. The summed E-state index contributed by atoms with van der Waals surface area (Å²) in [6.07, 6.45) is 5.17. The van der Waals surface area contributed by atoms with Crippen molar-refractivity contribution in [3.8, 4) is 32.4 Å². The maximum Gasteiger partial charge on any atom is 0.185 e. The SMILES string of the molecule is Cc1ccc(-c2cc(-c3ncnc4sc(NC(C)(C)C)nc34)sc2-c2ncc[nH]2)c(Cl)c1. The number of thiophene rings is 1. The Hall–Kier alpha value is -2.81. The van der Waals surface area contributed by atoms with Gasteiger partial charge >= 0.3 is 0 Å². The normalized spacial score (nSPS) is 11.9. The van der Waals surface area contributed by atoms with Crippen LogP contribution in [0.1, 0.15) is 26.3 Å². The van der Waals surface area contributed by atoms with Crippen LogP contribution in [0.25, 0.3) is 42.7 Å². The fourth-order valence-electron chi connectivity index (χ4n) is 3.42. The minimum Gasteiger partial charge on any atom is -0.357 e. The van der Waals surface area contributed by atoms with E-state index in [-0.39, 0.29) is 5.54 Å². The number of aromatic amines is 1. The molecule has 5 aromatic rings. The van der Waals surface area contributed by atoms with Crippen LogP contribution in [0.3, 0.4) is 0 Å². The van der Waals surface area contributed by atoms with E-state index in [4.69, 9.17) is 16.6 Å². The Kier molecular flexibility index (Phi) is 5.23. The minimum absolute atomic E-state index is 0.0911. The number of H-pyrrole nitrogens is 1. The smallest absolute Gasteiger partial charge is 0.185 e. The van der Waals surface area contributed by atoms with Crippen LogP contribution in [0.2, 0.25) is 5.02 Å². The molecule has 0 unspecified atom stereocenters. The van der Waals surface area contributed by atoms with Crippen LogP contribution in [-0.2, 0) is 0 Å². The number of fused-ring (bicyclic) bond motifs is 1. The molecule has 0 saturated carbocycles. The van der Waals surface area contributed by atoms with Gasteiger partial charge in [-0.05, 0) is 45.4 Å². The van der Waals surface area contributed by atoms with Gasteiger partial charge in [-0.2, -0.15) is 0 Å². The van der Waals surface area contributed by atoms with Crippen molar-refractivity contribution in [1.82, 2.24) is 24.9 Å². The van der Waals surface area contributed by atoms with Crippen molar-refractivity contribution < 1.29 is 0 Å². The minimum atomic E-state index is -0.0911. The van der Waals surface area contributed by atoms with E-state index in [1.807, 2.05) is 19.2 Å². The number of imidazole rings is 1. The number of hydrogen-bond donors (Lipinski definition) is 2. The Bertz CT molecular complexity index is 1410. The lowest BCUT2D eigenvalue weighted by molar-refractivity contribution is 0.633. The number of aryl methyl sites for hydroxylation is 1. The van der Waals surface area contributed by atoms with Crippen LogP contribution in [-0.4, -0.2) is 30.5 Å². The monoisotopic (exact) mass is 480 g/mol. The molecule has 6 nitrogen and oxygen atoms in total. The highest BCUT2D eigenvalue weighted by molar-refractivity contribution is 7.22. The Morgan fingerprint density at radius 1 is 1.03 bits per heavy atom. The van der Waals surface area contributed by atoms with Gasteiger partial charge in [-0.25, -0.2) is 19.9 Å². The number of thiazole rings is 1. The molecule has 4 heterocycles. The van der Waals surface area contributed by atoms with Crippen LogP contribution in [0.5, 0.6) is 0 Å². The number of anilines is 1. The number of benzene rings is 1. The van der Waals surface area contributed by atoms with Crippen LogP contribution in [0.4, 0.5) is 5.13 Å². The van der Waals surface area contributed by atoms with E-state index in [2.05, 4.69) is 64.2 Å². The van der Waals surface area contributed by atoms with E-state index in [0.29, 0.717) is 5.02 Å². The third-order valence-electron chi connectivity index (χ3n) is 4.77. The third-order valence-corrected chi connectivity index (χ3v) is 7.11. The van der Waals surface area contributed by atoms with Crippen LogP contribution in [0.15, 0.2) is 43.0 Å². The molecular formula is C23H21ClN6S2. The van der Waals surface area contributed by atoms with Crippen molar-refractivity contribution in [3.05, 3.63) is 53.6 Å². The van der Waals surface area contributed by atoms with Gasteiger partial charge in [0.25, 0.3) is 0 Å². The topological polar surface area (TPSA) is 79.4 Å². The van der Waals surface area contributed by atoms with Gasteiger partial charge in [0.2, 0.25) is 0 Å². The molecule has 0 bridgehead atoms. The Labute approximate surface area is 198 Å². The second-order valence-electron chi connectivity index (χ2n) is 8.54. The van der Waals surface area contributed by atoms with E-state index in [1.54, 1.807) is 23.9 Å². The molecule has 162 valence electrons. The van der Waals surface area contributed by atoms with Gasteiger partial charge in [0.05, 0.1) is 9.75 Å². The Morgan fingerprint density at radius 3 is 2.59 bits per heavy atom. The fraction of sp³-hybridized carbons (Fsp3) is 0.217. The highest BCUT2D eigenvalue weighted by atomic mass is 35.5. The third kappa shape index (κ3) is 4.01. The van der Waals surface area contributed by atoms with Gasteiger partial charge in [0.1, 0.15) is 28.2 Å². The zero-order valence-corrected chi connectivity index (χ0v) is 20.4. The molecule has 0 fully saturated rings. The van der Waals surface area contributed by atoms with Gasteiger partial charge in [-0.1, -0.05) is 35.1 Å². The number of halogens is 1. The summed E-state index contributed by atoms with van der Waals surface area (Å²) >= 11 is 9.79. The molecule has 0 amide bonds. The molecule has 32 heavy (non-hydrogen) atoms. The molecule has 9 heteroatoms. The molecule has 5 rings (SSSR count). The molecular weight excluding hydrogens is 460 g/mol. The highest BCUT2D eigenvalue weighted by Gasteiger charge is 2.22. The summed E-state index contributed by atoms with van der Waals surface area (Å²) in [4.78, 5) is 24.4. The first-order valence-electron chi connectivity index (χ1n) is 10.1. The van der Waals surface area contributed by atoms with Crippen molar-refractivity contribution >= 4 is 49.8 Å². The molecule has 4 aromatic heterocycles. The van der Waals surface area contributed by atoms with E-state index < -0.39 is 0 Å². The number of nitrogens with zero attached hydrogens (tertiary/aromatic N) is 4. The summed E-state index contributed by atoms with van der Waals surface area (Å²) in [7, 11) is 0. The van der Waals surface area contributed by atoms with E-state index in [0.717, 1.165) is 53.4 Å². The number of rotatable bonds is 4. The molecule has 0 aliphatic carbocycles. The zero-order valence-electron chi connectivity index (χ0n) is 18.0. The largest absolute Gasteiger partial charge is 0.357 e. The van der Waals surface area contributed by atoms with Crippen LogP contribution in [0, 0.1) is 6.92 Å². The maximum absolute atomic E-state index is 6.64. The zero-order chi connectivity index (χ0) is 22.5. The summed E-state index contributed by atoms with van der Waals surface area (Å²) in [6, 6.07) is 8.23. The summed E-state index contributed by atoms with van der Waals surface area (Å²) in [5, 5.41) is 4.98. The first-order valence-corrected chi connectivity index (χ1v) is 12.1. The van der Waals surface area contributed by atoms with E-state index in [9.17, 15) is 0 Å². The average Bonchev–Trinajstić information content (AvgIpc) is 3.45. The first-order chi connectivity index (χ1) is 15.3. The highest BCUT2D eigenvalue weighted by Crippen LogP contribution is 2.45. The van der Waals surface area contributed by atoms with Gasteiger partial charge in [-0.15, -0.1) is 11.3 Å². The number of hydrogen-bond acceptors (Lipinski definition) is 7. The predicted octanol–water partition coefficient (Wildman–Crippen LogP) is 7.04. The van der Waals surface area contributed by atoms with Crippen molar-refractivity contribution in [1.29, 1.82) is 0 Å². The molecule has 0 radical (unpaired) electrons. The van der Waals surface area contributed by atoms with Crippen molar-refractivity contribution in [2.45, 2.75) is 33.2 Å². The van der Waals surface area contributed by atoms with Crippen molar-refractivity contribution in [2.24, 2.45) is 0 Å². The van der Waals surface area contributed by atoms with Gasteiger partial charge in [0.15, 0.2) is 5.13 Å². The molecule has 1 aromatic carbocycles. The molecule has 0 spiro atoms. The fourth-order valence-corrected chi connectivity index (χ4v) is 5.90. The summed E-state index contributed by atoms with van der Waals surface area (Å²) in [6.45, 7) is 8.36. The molecule has 0 atom stereocenters. The van der Waals surface area contributed by atoms with Crippen molar-refractivity contribution in [3.63, 3.8) is 0 Å². The Morgan fingerprint density at radius 2 is 1.88 bits per heavy atom. The molecule has 0 saturated heterocycles. The number of nitrogens with one attached hydrogen (secondary N) is 2. The lowest BCUT2D eigenvalue weighted by Gasteiger charge is -2.19. The lowest BCUT2D eigenvalue weighted by atomic mass is 10.0. The molecule has 0 aliphatic heterocycles. The van der Waals surface area contributed by atoms with E-state index >= 15 is 0 Å². The molecule has 0 aliphatic rings. The average molecular weight is 481 g/mol. The Balaban J connectivity index is 1.69. The molecule has 2 N–H and O–H groups in total. The summed E-state index contributed by atoms with van der Waals surface area (Å²) in [5.41, 5.74) is 4.60. The predicted molar refractivity (Wildman–Crippen MR) is 135 cm³/mol. The lowest BCUT2D eigenvalue weighted by Crippen LogP contribution is -2.25. The van der Waals surface area contributed by atoms with Crippen molar-refractivity contribution in [2.75, 3.05) is 5.32 Å². The number of aromatic nitrogens is 5. The van der Waals surface area contributed by atoms with Gasteiger partial charge in [0, 0.05) is 34.1 Å². The van der Waals surface area contributed by atoms with Crippen LogP contribution < -0.4 is 5.32 Å². The van der Waals surface area contributed by atoms with E-state index in [1.165, 1.54) is 11.3 Å². The second kappa shape index (κ2) is 7.95. The summed E-state index contributed by atoms with van der Waals surface area (Å²) < 4.78 is 0. The first kappa shape index (κ1) is 21.1.